The number of nitrogens with one attached hydrogen (secondary N) is 1. The van der Waals surface area contributed by atoms with E-state index in [9.17, 15) is 4.79 Å². The highest BCUT2D eigenvalue weighted by Crippen LogP contribution is 2.34. The Morgan fingerprint density at radius 3 is 2.59 bits per heavy atom. The van der Waals surface area contributed by atoms with E-state index in [1.54, 1.807) is 39.5 Å². The van der Waals surface area contributed by atoms with E-state index in [2.05, 4.69) is 16.3 Å². The summed E-state index contributed by atoms with van der Waals surface area (Å²) in [6, 6.07) is 13.6. The van der Waals surface area contributed by atoms with Gasteiger partial charge in [-0.3, -0.25) is 9.69 Å². The number of carbonyl (C=O) groups excluding carboxylic acids is 1. The fraction of sp³-hybridized carbons (Fsp3) is 0.381. The van der Waals surface area contributed by atoms with Gasteiger partial charge in [0.15, 0.2) is 0 Å². The second-order valence-corrected chi connectivity index (χ2v) is 6.52. The summed E-state index contributed by atoms with van der Waals surface area (Å²) in [6.07, 6.45) is 2.10. The number of hydrogen-bond donors (Lipinski definition) is 1. The summed E-state index contributed by atoms with van der Waals surface area (Å²) < 4.78 is 15.9. The Morgan fingerprint density at radius 1 is 1.07 bits per heavy atom. The Labute approximate surface area is 160 Å². The van der Waals surface area contributed by atoms with Crippen LogP contribution in [0.5, 0.6) is 17.2 Å². The number of likely N-dealkylation sites (tertiary alicyclic amines) is 1. The van der Waals surface area contributed by atoms with Crippen LogP contribution in [0.25, 0.3) is 0 Å². The molecule has 0 aliphatic carbocycles. The summed E-state index contributed by atoms with van der Waals surface area (Å²) in [7, 11) is 4.84. The third-order valence-electron chi connectivity index (χ3n) is 4.87. The summed E-state index contributed by atoms with van der Waals surface area (Å²) in [4.78, 5) is 14.9. The number of benzene rings is 2. The molecule has 0 saturated carbocycles. The van der Waals surface area contributed by atoms with Crippen LogP contribution >= 0.6 is 0 Å². The average molecular weight is 370 g/mol. The number of amides is 1. The Morgan fingerprint density at radius 2 is 1.85 bits per heavy atom. The number of hydrogen-bond acceptors (Lipinski definition) is 5. The number of methoxy groups -OCH3 is 3. The predicted octanol–water partition coefficient (Wildman–Crippen LogP) is 3.49. The molecule has 1 aliphatic rings. The number of carbonyl (C=O) groups is 1. The highest BCUT2D eigenvalue weighted by atomic mass is 16.5. The summed E-state index contributed by atoms with van der Waals surface area (Å²) in [5, 5.41) is 2.95. The topological polar surface area (TPSA) is 60.0 Å². The van der Waals surface area contributed by atoms with E-state index in [0.29, 0.717) is 23.7 Å². The van der Waals surface area contributed by atoms with Crippen molar-refractivity contribution in [2.24, 2.45) is 0 Å². The normalized spacial score (nSPS) is 16.8. The minimum Gasteiger partial charge on any atom is -0.497 e. The van der Waals surface area contributed by atoms with Crippen LogP contribution in [0.15, 0.2) is 42.5 Å². The van der Waals surface area contributed by atoms with Crippen molar-refractivity contribution in [2.45, 2.75) is 18.9 Å². The van der Waals surface area contributed by atoms with E-state index >= 15 is 0 Å². The molecular formula is C21H26N2O4. The van der Waals surface area contributed by atoms with Gasteiger partial charge in [0.1, 0.15) is 17.2 Å². The average Bonchev–Trinajstić information content (AvgIpc) is 3.15. The van der Waals surface area contributed by atoms with Gasteiger partial charge in [-0.2, -0.15) is 0 Å². The standard InChI is InChI=1S/C21H26N2O4/c1-25-16-7-4-6-15(12-16)19-8-5-11-23(19)14-21(24)22-18-13-17(26-2)9-10-20(18)27-3/h4,6-7,9-10,12-13,19H,5,8,11,14H2,1-3H3,(H,22,24). The zero-order chi connectivity index (χ0) is 19.2. The molecule has 0 aromatic heterocycles. The van der Waals surface area contributed by atoms with Gasteiger partial charge >= 0.3 is 0 Å². The molecule has 1 unspecified atom stereocenters. The number of anilines is 1. The molecule has 0 radical (unpaired) electrons. The smallest absolute Gasteiger partial charge is 0.238 e. The van der Waals surface area contributed by atoms with E-state index in [4.69, 9.17) is 14.2 Å². The van der Waals surface area contributed by atoms with Gasteiger partial charge in [0.2, 0.25) is 5.91 Å². The number of rotatable bonds is 7. The van der Waals surface area contributed by atoms with E-state index in [1.807, 2.05) is 18.2 Å². The fourth-order valence-electron chi connectivity index (χ4n) is 3.53. The molecule has 3 rings (SSSR count). The zero-order valence-corrected chi connectivity index (χ0v) is 16.0. The first-order chi connectivity index (χ1) is 13.1. The SMILES string of the molecule is COc1cccc(C2CCCN2CC(=O)Nc2cc(OC)ccc2OC)c1. The molecule has 0 bridgehead atoms. The van der Waals surface area contributed by atoms with Crippen LogP contribution in [0, 0.1) is 0 Å². The molecule has 27 heavy (non-hydrogen) atoms. The molecule has 6 heteroatoms. The van der Waals surface area contributed by atoms with Gasteiger partial charge in [0.05, 0.1) is 33.6 Å². The van der Waals surface area contributed by atoms with Crippen molar-refractivity contribution in [3.05, 3.63) is 48.0 Å². The van der Waals surface area contributed by atoms with Crippen LogP contribution in [0.1, 0.15) is 24.4 Å². The first-order valence-corrected chi connectivity index (χ1v) is 9.04. The molecule has 1 fully saturated rings. The highest BCUT2D eigenvalue weighted by Gasteiger charge is 2.28. The van der Waals surface area contributed by atoms with Crippen LogP contribution in [-0.4, -0.2) is 45.2 Å². The monoisotopic (exact) mass is 370 g/mol. The maximum absolute atomic E-state index is 12.7. The molecule has 1 aliphatic heterocycles. The Bertz CT molecular complexity index is 794. The van der Waals surface area contributed by atoms with Crippen molar-refractivity contribution < 1.29 is 19.0 Å². The maximum atomic E-state index is 12.7. The molecular weight excluding hydrogens is 344 g/mol. The first-order valence-electron chi connectivity index (χ1n) is 9.04. The zero-order valence-electron chi connectivity index (χ0n) is 16.0. The molecule has 0 spiro atoms. The summed E-state index contributed by atoms with van der Waals surface area (Å²) >= 11 is 0. The van der Waals surface area contributed by atoms with Crippen molar-refractivity contribution in [2.75, 3.05) is 39.7 Å². The van der Waals surface area contributed by atoms with Gasteiger partial charge in [-0.25, -0.2) is 0 Å². The van der Waals surface area contributed by atoms with Crippen molar-refractivity contribution >= 4 is 11.6 Å². The van der Waals surface area contributed by atoms with Crippen LogP contribution in [0.4, 0.5) is 5.69 Å². The van der Waals surface area contributed by atoms with Gasteiger partial charge < -0.3 is 19.5 Å². The van der Waals surface area contributed by atoms with E-state index < -0.39 is 0 Å². The van der Waals surface area contributed by atoms with Crippen molar-refractivity contribution in [3.63, 3.8) is 0 Å². The molecule has 1 heterocycles. The lowest BCUT2D eigenvalue weighted by atomic mass is 10.0. The lowest BCUT2D eigenvalue weighted by Crippen LogP contribution is -2.33. The van der Waals surface area contributed by atoms with Gasteiger partial charge in [0.25, 0.3) is 0 Å². The van der Waals surface area contributed by atoms with E-state index in [1.165, 1.54) is 5.56 Å². The summed E-state index contributed by atoms with van der Waals surface area (Å²) in [5.41, 5.74) is 1.79. The molecule has 6 nitrogen and oxygen atoms in total. The van der Waals surface area contributed by atoms with Crippen LogP contribution in [-0.2, 0) is 4.79 Å². The molecule has 1 amide bonds. The van der Waals surface area contributed by atoms with E-state index in [-0.39, 0.29) is 11.9 Å². The third-order valence-corrected chi connectivity index (χ3v) is 4.87. The highest BCUT2D eigenvalue weighted by molar-refractivity contribution is 5.94. The molecule has 144 valence electrons. The second kappa shape index (κ2) is 8.77. The number of nitrogens with zero attached hydrogens (tertiary/aromatic N) is 1. The molecule has 2 aromatic carbocycles. The van der Waals surface area contributed by atoms with Gasteiger partial charge in [-0.15, -0.1) is 0 Å². The van der Waals surface area contributed by atoms with Crippen LogP contribution < -0.4 is 19.5 Å². The largest absolute Gasteiger partial charge is 0.497 e. The van der Waals surface area contributed by atoms with Crippen molar-refractivity contribution in [3.8, 4) is 17.2 Å². The van der Waals surface area contributed by atoms with Crippen LogP contribution in [0.2, 0.25) is 0 Å². The Balaban J connectivity index is 1.70. The molecule has 1 saturated heterocycles. The maximum Gasteiger partial charge on any atom is 0.238 e. The van der Waals surface area contributed by atoms with Gasteiger partial charge in [-0.05, 0) is 49.2 Å². The van der Waals surface area contributed by atoms with Crippen LogP contribution in [0.3, 0.4) is 0 Å². The van der Waals surface area contributed by atoms with Crippen molar-refractivity contribution in [1.82, 2.24) is 4.90 Å². The minimum absolute atomic E-state index is 0.0728. The lowest BCUT2D eigenvalue weighted by Gasteiger charge is -2.24. The second-order valence-electron chi connectivity index (χ2n) is 6.52. The minimum atomic E-state index is -0.0728. The molecule has 2 aromatic rings. The van der Waals surface area contributed by atoms with E-state index in [0.717, 1.165) is 25.1 Å². The molecule has 1 atom stereocenters. The Hall–Kier alpha value is -2.73. The van der Waals surface area contributed by atoms with Gasteiger partial charge in [0, 0.05) is 12.1 Å². The Kier molecular flexibility index (Phi) is 6.19. The first kappa shape index (κ1) is 19.0. The quantitative estimate of drug-likeness (QED) is 0.808. The number of ether oxygens (including phenoxy) is 3. The third kappa shape index (κ3) is 4.52. The molecule has 1 N–H and O–H groups in total. The summed E-state index contributed by atoms with van der Waals surface area (Å²) in [5.74, 6) is 2.04. The predicted molar refractivity (Wildman–Crippen MR) is 105 cm³/mol. The fourth-order valence-corrected chi connectivity index (χ4v) is 3.53. The van der Waals surface area contributed by atoms with Crippen molar-refractivity contribution in [1.29, 1.82) is 0 Å². The lowest BCUT2D eigenvalue weighted by molar-refractivity contribution is -0.117. The van der Waals surface area contributed by atoms with Gasteiger partial charge in [-0.1, -0.05) is 12.1 Å². The summed E-state index contributed by atoms with van der Waals surface area (Å²) in [6.45, 7) is 1.22.